The molecule has 0 aliphatic carbocycles. The third-order valence-electron chi connectivity index (χ3n) is 5.03. The van der Waals surface area contributed by atoms with E-state index in [1.54, 1.807) is 14.2 Å². The molecule has 2 aromatic carbocycles. The number of ether oxygens (including phenoxy) is 2. The lowest BCUT2D eigenvalue weighted by Gasteiger charge is -2.36. The molecule has 0 unspecified atom stereocenters. The highest BCUT2D eigenvalue weighted by Gasteiger charge is 2.19. The van der Waals surface area contributed by atoms with Crippen LogP contribution in [-0.4, -0.2) is 63.2 Å². The molecule has 28 heavy (non-hydrogen) atoms. The molecule has 0 atom stereocenters. The van der Waals surface area contributed by atoms with Crippen LogP contribution in [0.5, 0.6) is 11.5 Å². The Morgan fingerprint density at radius 2 is 1.64 bits per heavy atom. The van der Waals surface area contributed by atoms with Crippen LogP contribution in [0.4, 0.5) is 0 Å². The summed E-state index contributed by atoms with van der Waals surface area (Å²) in [5.41, 5.74) is 2.49. The SMILES string of the molecule is CN=C(NCc1ccc(OC)c(OC)c1)N1CCN(Cc2ccccc2)CC1. The van der Waals surface area contributed by atoms with Crippen molar-refractivity contribution in [1.82, 2.24) is 15.1 Å². The second kappa shape index (κ2) is 9.99. The van der Waals surface area contributed by atoms with Gasteiger partial charge in [0, 0.05) is 46.3 Å². The zero-order valence-electron chi connectivity index (χ0n) is 17.0. The molecule has 1 fully saturated rings. The van der Waals surface area contributed by atoms with Gasteiger partial charge in [-0.05, 0) is 23.3 Å². The molecular formula is C22H30N4O2. The number of methoxy groups -OCH3 is 2. The predicted octanol–water partition coefficient (Wildman–Crippen LogP) is 2.60. The van der Waals surface area contributed by atoms with E-state index in [2.05, 4.69) is 50.4 Å². The molecule has 2 aromatic rings. The fourth-order valence-corrected chi connectivity index (χ4v) is 3.46. The minimum absolute atomic E-state index is 0.692. The van der Waals surface area contributed by atoms with Gasteiger partial charge in [0.25, 0.3) is 0 Å². The van der Waals surface area contributed by atoms with Gasteiger partial charge in [-0.15, -0.1) is 0 Å². The molecule has 1 heterocycles. The first-order valence-electron chi connectivity index (χ1n) is 9.66. The van der Waals surface area contributed by atoms with E-state index in [-0.39, 0.29) is 0 Å². The molecule has 0 bridgehead atoms. The molecule has 6 nitrogen and oxygen atoms in total. The van der Waals surface area contributed by atoms with Crippen molar-refractivity contribution in [2.45, 2.75) is 13.1 Å². The number of hydrogen-bond donors (Lipinski definition) is 1. The molecule has 1 saturated heterocycles. The topological polar surface area (TPSA) is 49.3 Å². The molecule has 1 N–H and O–H groups in total. The normalized spacial score (nSPS) is 15.4. The highest BCUT2D eigenvalue weighted by Crippen LogP contribution is 2.27. The van der Waals surface area contributed by atoms with Crippen LogP contribution < -0.4 is 14.8 Å². The summed E-state index contributed by atoms with van der Waals surface area (Å²) in [5.74, 6) is 2.42. The Labute approximate surface area is 167 Å². The summed E-state index contributed by atoms with van der Waals surface area (Å²) in [6.07, 6.45) is 0. The van der Waals surface area contributed by atoms with Gasteiger partial charge in [0.1, 0.15) is 0 Å². The van der Waals surface area contributed by atoms with E-state index >= 15 is 0 Å². The summed E-state index contributed by atoms with van der Waals surface area (Å²) >= 11 is 0. The van der Waals surface area contributed by atoms with E-state index in [0.29, 0.717) is 6.54 Å². The van der Waals surface area contributed by atoms with Gasteiger partial charge >= 0.3 is 0 Å². The summed E-state index contributed by atoms with van der Waals surface area (Å²) < 4.78 is 10.7. The van der Waals surface area contributed by atoms with Gasteiger partial charge in [-0.3, -0.25) is 9.89 Å². The van der Waals surface area contributed by atoms with Crippen LogP contribution in [0, 0.1) is 0 Å². The number of nitrogens with one attached hydrogen (secondary N) is 1. The summed E-state index contributed by atoms with van der Waals surface area (Å²) in [6.45, 7) is 5.71. The van der Waals surface area contributed by atoms with Gasteiger partial charge in [-0.1, -0.05) is 36.4 Å². The van der Waals surface area contributed by atoms with E-state index in [4.69, 9.17) is 9.47 Å². The highest BCUT2D eigenvalue weighted by atomic mass is 16.5. The van der Waals surface area contributed by atoms with Crippen molar-refractivity contribution in [1.29, 1.82) is 0 Å². The first-order valence-corrected chi connectivity index (χ1v) is 9.66. The standard InChI is InChI=1S/C22H30N4O2/c1-23-22(24-16-19-9-10-20(27-2)21(15-19)28-3)26-13-11-25(12-14-26)17-18-7-5-4-6-8-18/h4-10,15H,11-14,16-17H2,1-3H3,(H,23,24). The zero-order valence-corrected chi connectivity index (χ0v) is 17.0. The van der Waals surface area contributed by atoms with Gasteiger partial charge in [-0.2, -0.15) is 0 Å². The third-order valence-corrected chi connectivity index (χ3v) is 5.03. The molecule has 0 spiro atoms. The first-order chi connectivity index (χ1) is 13.7. The molecule has 3 rings (SSSR count). The lowest BCUT2D eigenvalue weighted by atomic mass is 10.2. The van der Waals surface area contributed by atoms with E-state index in [1.807, 2.05) is 25.2 Å². The largest absolute Gasteiger partial charge is 0.493 e. The van der Waals surface area contributed by atoms with Crippen molar-refractivity contribution >= 4 is 5.96 Å². The van der Waals surface area contributed by atoms with E-state index < -0.39 is 0 Å². The molecule has 0 saturated carbocycles. The minimum Gasteiger partial charge on any atom is -0.493 e. The number of guanidine groups is 1. The Bertz CT molecular complexity index is 771. The Morgan fingerprint density at radius 3 is 2.29 bits per heavy atom. The van der Waals surface area contributed by atoms with Gasteiger partial charge in [0.15, 0.2) is 17.5 Å². The maximum Gasteiger partial charge on any atom is 0.194 e. The van der Waals surface area contributed by atoms with E-state index in [9.17, 15) is 0 Å². The number of rotatable bonds is 6. The van der Waals surface area contributed by atoms with Crippen LogP contribution in [0.15, 0.2) is 53.5 Å². The van der Waals surface area contributed by atoms with Crippen molar-refractivity contribution in [3.05, 3.63) is 59.7 Å². The molecule has 1 aliphatic heterocycles. The van der Waals surface area contributed by atoms with Crippen LogP contribution >= 0.6 is 0 Å². The Morgan fingerprint density at radius 1 is 0.929 bits per heavy atom. The Kier molecular flexibility index (Phi) is 7.14. The van der Waals surface area contributed by atoms with Crippen molar-refractivity contribution in [3.63, 3.8) is 0 Å². The van der Waals surface area contributed by atoms with E-state index in [1.165, 1.54) is 5.56 Å². The fourth-order valence-electron chi connectivity index (χ4n) is 3.46. The van der Waals surface area contributed by atoms with E-state index in [0.717, 1.165) is 55.7 Å². The molecule has 1 aliphatic rings. The van der Waals surface area contributed by atoms with Crippen molar-refractivity contribution in [3.8, 4) is 11.5 Å². The van der Waals surface area contributed by atoms with Crippen LogP contribution in [-0.2, 0) is 13.1 Å². The van der Waals surface area contributed by atoms with Gasteiger partial charge in [0.05, 0.1) is 14.2 Å². The lowest BCUT2D eigenvalue weighted by molar-refractivity contribution is 0.172. The molecule has 0 amide bonds. The number of aliphatic imine (C=N–C) groups is 1. The Balaban J connectivity index is 1.51. The molecule has 150 valence electrons. The van der Waals surface area contributed by atoms with Crippen LogP contribution in [0.1, 0.15) is 11.1 Å². The maximum atomic E-state index is 5.39. The second-order valence-corrected chi connectivity index (χ2v) is 6.84. The average Bonchev–Trinajstić information content (AvgIpc) is 2.75. The van der Waals surface area contributed by atoms with Crippen LogP contribution in [0.25, 0.3) is 0 Å². The van der Waals surface area contributed by atoms with Gasteiger partial charge in [0.2, 0.25) is 0 Å². The predicted molar refractivity (Wildman–Crippen MR) is 113 cm³/mol. The number of benzene rings is 2. The van der Waals surface area contributed by atoms with Gasteiger partial charge < -0.3 is 19.7 Å². The second-order valence-electron chi connectivity index (χ2n) is 6.84. The molecule has 0 aromatic heterocycles. The summed E-state index contributed by atoms with van der Waals surface area (Å²) in [4.78, 5) is 9.28. The quantitative estimate of drug-likeness (QED) is 0.615. The number of nitrogens with zero attached hydrogens (tertiary/aromatic N) is 3. The summed E-state index contributed by atoms with van der Waals surface area (Å²) in [6, 6.07) is 16.6. The molecular weight excluding hydrogens is 352 g/mol. The Hall–Kier alpha value is -2.73. The average molecular weight is 383 g/mol. The maximum absolute atomic E-state index is 5.39. The number of piperazine rings is 1. The molecule has 0 radical (unpaired) electrons. The smallest absolute Gasteiger partial charge is 0.194 e. The summed E-state index contributed by atoms with van der Waals surface area (Å²) in [5, 5.41) is 3.47. The lowest BCUT2D eigenvalue weighted by Crippen LogP contribution is -2.52. The number of hydrogen-bond acceptors (Lipinski definition) is 4. The van der Waals surface area contributed by atoms with Crippen molar-refractivity contribution in [2.24, 2.45) is 4.99 Å². The zero-order chi connectivity index (χ0) is 19.8. The minimum atomic E-state index is 0.692. The monoisotopic (exact) mass is 382 g/mol. The third kappa shape index (κ3) is 5.16. The van der Waals surface area contributed by atoms with Crippen LogP contribution in [0.3, 0.4) is 0 Å². The van der Waals surface area contributed by atoms with Crippen molar-refractivity contribution < 1.29 is 9.47 Å². The summed E-state index contributed by atoms with van der Waals surface area (Å²) in [7, 11) is 5.14. The van der Waals surface area contributed by atoms with Gasteiger partial charge in [-0.25, -0.2) is 0 Å². The fraction of sp³-hybridized carbons (Fsp3) is 0.409. The first kappa shape index (κ1) is 20.0. The highest BCUT2D eigenvalue weighted by molar-refractivity contribution is 5.80. The molecule has 6 heteroatoms. The van der Waals surface area contributed by atoms with Crippen LogP contribution in [0.2, 0.25) is 0 Å². The van der Waals surface area contributed by atoms with Crippen molar-refractivity contribution in [2.75, 3.05) is 47.4 Å².